The summed E-state index contributed by atoms with van der Waals surface area (Å²) in [7, 11) is 1.82. The van der Waals surface area contributed by atoms with E-state index in [1.54, 1.807) is 22.9 Å². The second-order valence-electron chi connectivity index (χ2n) is 7.04. The highest BCUT2D eigenvalue weighted by atomic mass is 16.5. The van der Waals surface area contributed by atoms with Gasteiger partial charge in [0, 0.05) is 18.7 Å². The molecule has 1 atom stereocenters. The molecule has 1 aromatic carbocycles. The van der Waals surface area contributed by atoms with Gasteiger partial charge in [0.2, 0.25) is 5.88 Å². The number of rotatable bonds is 5. The second kappa shape index (κ2) is 8.00. The van der Waals surface area contributed by atoms with Gasteiger partial charge in [-0.3, -0.25) is 4.79 Å². The van der Waals surface area contributed by atoms with E-state index in [0.29, 0.717) is 29.9 Å². The summed E-state index contributed by atoms with van der Waals surface area (Å²) < 4.78 is 7.33. The van der Waals surface area contributed by atoms with Gasteiger partial charge in [0.15, 0.2) is 5.82 Å². The van der Waals surface area contributed by atoms with Crippen LogP contribution >= 0.6 is 0 Å². The van der Waals surface area contributed by atoms with Crippen molar-refractivity contribution in [2.75, 3.05) is 18.5 Å². The lowest BCUT2D eigenvalue weighted by Gasteiger charge is -2.18. The van der Waals surface area contributed by atoms with Crippen LogP contribution in [0.25, 0.3) is 16.5 Å². The fraction of sp³-hybridized carbons (Fsp3) is 0.333. The average molecular weight is 392 g/mol. The zero-order valence-corrected chi connectivity index (χ0v) is 16.8. The zero-order valence-electron chi connectivity index (χ0n) is 16.8. The molecule has 3 heterocycles. The Hall–Kier alpha value is -3.26. The second-order valence-corrected chi connectivity index (χ2v) is 7.04. The number of aryl methyl sites for hydroxylation is 1. The number of anilines is 1. The molecule has 1 aliphatic rings. The van der Waals surface area contributed by atoms with Crippen LogP contribution in [0.5, 0.6) is 5.88 Å². The molecule has 2 N–H and O–H groups in total. The topological polar surface area (TPSA) is 94.0 Å². The molecule has 0 spiro atoms. The molecule has 3 aromatic rings. The molecule has 8 nitrogen and oxygen atoms in total. The molecule has 0 radical (unpaired) electrons. The fourth-order valence-electron chi connectivity index (χ4n) is 3.48. The molecule has 29 heavy (non-hydrogen) atoms. The van der Waals surface area contributed by atoms with Crippen molar-refractivity contribution in [3.8, 4) is 5.88 Å². The quantitative estimate of drug-likeness (QED) is 0.693. The molecule has 0 saturated heterocycles. The number of carbonyl (C=O) groups is 1. The van der Waals surface area contributed by atoms with Gasteiger partial charge in [0.05, 0.1) is 23.2 Å². The molecular formula is C21H24N6O2. The highest BCUT2D eigenvalue weighted by Gasteiger charge is 2.15. The lowest BCUT2D eigenvalue weighted by Crippen LogP contribution is -2.29. The molecule has 0 fully saturated rings. The Balaban J connectivity index is 1.52. The number of ether oxygens (including phenoxy) is 1. The number of benzene rings is 1. The van der Waals surface area contributed by atoms with E-state index in [9.17, 15) is 4.79 Å². The monoisotopic (exact) mass is 392 g/mol. The SMILES string of the molecule is CCOc1c2cc(C(=O)Nc3ccc(C4=CC(C)NCC4)nn3)ccc2nn1C. The highest BCUT2D eigenvalue weighted by molar-refractivity contribution is 6.06. The third kappa shape index (κ3) is 3.97. The van der Waals surface area contributed by atoms with Crippen LogP contribution in [0.2, 0.25) is 0 Å². The Morgan fingerprint density at radius 3 is 2.90 bits per heavy atom. The van der Waals surface area contributed by atoms with E-state index in [4.69, 9.17) is 4.74 Å². The Labute approximate surface area is 169 Å². The Morgan fingerprint density at radius 1 is 1.31 bits per heavy atom. The van der Waals surface area contributed by atoms with Crippen molar-refractivity contribution in [1.29, 1.82) is 0 Å². The van der Waals surface area contributed by atoms with Crippen molar-refractivity contribution in [1.82, 2.24) is 25.3 Å². The van der Waals surface area contributed by atoms with Crippen molar-refractivity contribution in [3.05, 3.63) is 47.7 Å². The van der Waals surface area contributed by atoms with Crippen LogP contribution in [-0.2, 0) is 7.05 Å². The van der Waals surface area contributed by atoms with Crippen molar-refractivity contribution < 1.29 is 9.53 Å². The van der Waals surface area contributed by atoms with E-state index >= 15 is 0 Å². The summed E-state index contributed by atoms with van der Waals surface area (Å²) in [6.45, 7) is 5.47. The van der Waals surface area contributed by atoms with Gasteiger partial charge >= 0.3 is 0 Å². The molecule has 150 valence electrons. The molecule has 1 aliphatic heterocycles. The molecule has 2 aromatic heterocycles. The van der Waals surface area contributed by atoms with E-state index in [-0.39, 0.29) is 5.91 Å². The molecule has 0 bridgehead atoms. The van der Waals surface area contributed by atoms with Gasteiger partial charge in [-0.1, -0.05) is 6.08 Å². The van der Waals surface area contributed by atoms with Crippen LogP contribution < -0.4 is 15.4 Å². The third-order valence-corrected chi connectivity index (χ3v) is 4.87. The first-order valence-corrected chi connectivity index (χ1v) is 9.74. The molecule has 4 rings (SSSR count). The summed E-state index contributed by atoms with van der Waals surface area (Å²) in [5.41, 5.74) is 3.30. The summed E-state index contributed by atoms with van der Waals surface area (Å²) in [6, 6.07) is 9.33. The van der Waals surface area contributed by atoms with Crippen molar-refractivity contribution >= 4 is 28.2 Å². The maximum Gasteiger partial charge on any atom is 0.256 e. The van der Waals surface area contributed by atoms with E-state index in [1.807, 2.05) is 26.1 Å². The summed E-state index contributed by atoms with van der Waals surface area (Å²) in [5, 5.41) is 19.8. The van der Waals surface area contributed by atoms with Gasteiger partial charge in [0.25, 0.3) is 5.91 Å². The zero-order chi connectivity index (χ0) is 20.4. The van der Waals surface area contributed by atoms with Gasteiger partial charge in [-0.05, 0) is 62.7 Å². The predicted octanol–water partition coefficient (Wildman–Crippen LogP) is 2.78. The lowest BCUT2D eigenvalue weighted by molar-refractivity contribution is 0.102. The minimum absolute atomic E-state index is 0.255. The van der Waals surface area contributed by atoms with Gasteiger partial charge in [-0.25, -0.2) is 4.68 Å². The molecule has 1 unspecified atom stereocenters. The fourth-order valence-corrected chi connectivity index (χ4v) is 3.48. The highest BCUT2D eigenvalue weighted by Crippen LogP contribution is 2.26. The first-order valence-electron chi connectivity index (χ1n) is 9.74. The van der Waals surface area contributed by atoms with Crippen LogP contribution in [-0.4, -0.2) is 45.1 Å². The summed E-state index contributed by atoms with van der Waals surface area (Å²) in [6.07, 6.45) is 3.07. The van der Waals surface area contributed by atoms with Crippen molar-refractivity contribution in [3.63, 3.8) is 0 Å². The number of nitrogens with one attached hydrogen (secondary N) is 2. The first kappa shape index (κ1) is 19.1. The summed E-state index contributed by atoms with van der Waals surface area (Å²) in [4.78, 5) is 12.7. The normalized spacial score (nSPS) is 16.5. The van der Waals surface area contributed by atoms with Crippen molar-refractivity contribution in [2.45, 2.75) is 26.3 Å². The average Bonchev–Trinajstić information content (AvgIpc) is 3.03. The number of hydrogen-bond donors (Lipinski definition) is 2. The van der Waals surface area contributed by atoms with Crippen LogP contribution in [0.15, 0.2) is 36.4 Å². The van der Waals surface area contributed by atoms with Gasteiger partial charge in [-0.15, -0.1) is 10.2 Å². The van der Waals surface area contributed by atoms with Crippen molar-refractivity contribution in [2.24, 2.45) is 7.05 Å². The predicted molar refractivity (Wildman–Crippen MR) is 112 cm³/mol. The minimum atomic E-state index is -0.255. The Bertz CT molecular complexity index is 1070. The maximum absolute atomic E-state index is 12.7. The van der Waals surface area contributed by atoms with Crippen LogP contribution in [0.1, 0.15) is 36.3 Å². The van der Waals surface area contributed by atoms with Crippen LogP contribution in [0.4, 0.5) is 5.82 Å². The largest absolute Gasteiger partial charge is 0.478 e. The van der Waals surface area contributed by atoms with Gasteiger partial charge < -0.3 is 15.4 Å². The van der Waals surface area contributed by atoms with Crippen LogP contribution in [0.3, 0.4) is 0 Å². The van der Waals surface area contributed by atoms with Gasteiger partial charge in [0.1, 0.15) is 0 Å². The third-order valence-electron chi connectivity index (χ3n) is 4.87. The first-order chi connectivity index (χ1) is 14.0. The minimum Gasteiger partial charge on any atom is -0.478 e. The molecule has 8 heteroatoms. The molecular weight excluding hydrogens is 368 g/mol. The number of amides is 1. The van der Waals surface area contributed by atoms with E-state index in [2.05, 4.69) is 38.9 Å². The maximum atomic E-state index is 12.7. The summed E-state index contributed by atoms with van der Waals surface area (Å²) in [5.74, 6) is 0.804. The van der Waals surface area contributed by atoms with E-state index in [1.165, 1.54) is 5.57 Å². The number of hydrogen-bond acceptors (Lipinski definition) is 6. The standard InChI is InChI=1S/C21H24N6O2/c1-4-29-21-16-12-15(5-6-18(16)26-27(21)3)20(28)23-19-8-7-17(24-25-19)14-9-10-22-13(2)11-14/h5-8,11-13,22H,4,9-10H2,1-3H3,(H,23,25,28). The number of aromatic nitrogens is 4. The summed E-state index contributed by atoms with van der Waals surface area (Å²) >= 11 is 0. The Morgan fingerprint density at radius 2 is 2.17 bits per heavy atom. The van der Waals surface area contributed by atoms with Gasteiger partial charge in [-0.2, -0.15) is 5.10 Å². The Kier molecular flexibility index (Phi) is 5.26. The van der Waals surface area contributed by atoms with Crippen LogP contribution in [0, 0.1) is 0 Å². The molecule has 0 aliphatic carbocycles. The number of nitrogens with zero attached hydrogens (tertiary/aromatic N) is 4. The lowest BCUT2D eigenvalue weighted by atomic mass is 10.0. The number of fused-ring (bicyclic) bond motifs is 1. The smallest absolute Gasteiger partial charge is 0.256 e. The molecule has 0 saturated carbocycles. The number of carbonyl (C=O) groups excluding carboxylic acids is 1. The molecule has 1 amide bonds. The van der Waals surface area contributed by atoms with E-state index in [0.717, 1.165) is 29.6 Å². The van der Waals surface area contributed by atoms with E-state index < -0.39 is 0 Å².